The first-order chi connectivity index (χ1) is 13.4. The summed E-state index contributed by atoms with van der Waals surface area (Å²) in [5, 5.41) is 10.0. The number of rotatable bonds is 7. The molecule has 0 radical (unpaired) electrons. The van der Waals surface area contributed by atoms with E-state index in [0.29, 0.717) is 12.1 Å². The van der Waals surface area contributed by atoms with Crippen molar-refractivity contribution in [1.29, 1.82) is 0 Å². The van der Waals surface area contributed by atoms with Gasteiger partial charge < -0.3 is 5.11 Å². The highest BCUT2D eigenvalue weighted by molar-refractivity contribution is 6.32. The zero-order valence-electron chi connectivity index (χ0n) is 15.3. The molecule has 3 rings (SSSR count). The fourth-order valence-electron chi connectivity index (χ4n) is 3.16. The lowest BCUT2D eigenvalue weighted by Gasteiger charge is -2.25. The number of carboxylic acid groups (broad SMARTS) is 1. The van der Waals surface area contributed by atoms with Crippen molar-refractivity contribution in [1.82, 2.24) is 9.88 Å². The topological polar surface area (TPSA) is 53.4 Å². The number of hydrogen-bond donors (Lipinski definition) is 1. The molecule has 0 fully saturated rings. The number of carbonyl (C=O) groups is 1. The second-order valence-electron chi connectivity index (χ2n) is 6.58. The van der Waals surface area contributed by atoms with Crippen molar-refractivity contribution in [2.45, 2.75) is 12.5 Å². The Kier molecular flexibility index (Phi) is 6.68. The quantitative estimate of drug-likeness (QED) is 0.528. The van der Waals surface area contributed by atoms with Gasteiger partial charge in [-0.05, 0) is 47.9 Å². The van der Waals surface area contributed by atoms with E-state index in [9.17, 15) is 9.90 Å². The molecule has 0 aliphatic rings. The Hall–Kier alpha value is -2.40. The van der Waals surface area contributed by atoms with Crippen LogP contribution in [-0.4, -0.2) is 34.6 Å². The number of nitrogens with zero attached hydrogens (tertiary/aromatic N) is 2. The molecular formula is C22H20Cl2N2O2. The highest BCUT2D eigenvalue weighted by atomic mass is 35.5. The average Bonchev–Trinajstić information content (AvgIpc) is 2.66. The van der Waals surface area contributed by atoms with Gasteiger partial charge in [0.2, 0.25) is 0 Å². The smallest absolute Gasteiger partial charge is 0.325 e. The van der Waals surface area contributed by atoms with Gasteiger partial charge in [0, 0.05) is 6.54 Å². The number of benzene rings is 2. The second-order valence-corrected chi connectivity index (χ2v) is 7.35. The summed E-state index contributed by atoms with van der Waals surface area (Å²) in [5.74, 6) is -0.958. The van der Waals surface area contributed by atoms with Gasteiger partial charge in [0.05, 0.1) is 0 Å². The van der Waals surface area contributed by atoms with Gasteiger partial charge in [-0.25, -0.2) is 4.98 Å². The number of halogens is 2. The van der Waals surface area contributed by atoms with Crippen LogP contribution in [0.25, 0.3) is 11.1 Å². The van der Waals surface area contributed by atoms with E-state index in [1.807, 2.05) is 18.2 Å². The molecule has 0 amide bonds. The van der Waals surface area contributed by atoms with Crippen molar-refractivity contribution >= 4 is 29.2 Å². The average molecular weight is 415 g/mol. The first kappa shape index (κ1) is 20.3. The molecule has 0 spiro atoms. The molecule has 0 saturated carbocycles. The van der Waals surface area contributed by atoms with Crippen molar-refractivity contribution in [3.8, 4) is 11.1 Å². The van der Waals surface area contributed by atoms with E-state index in [0.717, 1.165) is 17.5 Å². The monoisotopic (exact) mass is 414 g/mol. The van der Waals surface area contributed by atoms with E-state index in [4.69, 9.17) is 23.2 Å². The molecule has 144 valence electrons. The molecule has 1 atom stereocenters. The third kappa shape index (κ3) is 5.10. The Balaban J connectivity index is 1.69. The predicted octanol–water partition coefficient (Wildman–Crippen LogP) is 5.36. The fourth-order valence-corrected chi connectivity index (χ4v) is 3.63. The zero-order chi connectivity index (χ0) is 20.1. The van der Waals surface area contributed by atoms with Crippen LogP contribution in [0.15, 0.2) is 66.7 Å². The van der Waals surface area contributed by atoms with Gasteiger partial charge >= 0.3 is 5.97 Å². The molecule has 1 N–H and O–H groups in total. The van der Waals surface area contributed by atoms with Gasteiger partial charge in [-0.1, -0.05) is 77.8 Å². The van der Waals surface area contributed by atoms with Gasteiger partial charge in [-0.15, -0.1) is 0 Å². The number of pyridine rings is 1. The van der Waals surface area contributed by atoms with E-state index in [1.165, 1.54) is 17.7 Å². The molecule has 2 aromatic carbocycles. The summed E-state index contributed by atoms with van der Waals surface area (Å²) >= 11 is 11.9. The number of hydrogen-bond acceptors (Lipinski definition) is 3. The van der Waals surface area contributed by atoms with Gasteiger partial charge in [0.1, 0.15) is 16.3 Å². The molecule has 0 aliphatic heterocycles. The van der Waals surface area contributed by atoms with Crippen LogP contribution in [0.1, 0.15) is 17.2 Å². The van der Waals surface area contributed by atoms with Crippen molar-refractivity contribution in [3.63, 3.8) is 0 Å². The maximum Gasteiger partial charge on any atom is 0.325 e. The lowest BCUT2D eigenvalue weighted by molar-refractivity contribution is -0.143. The third-order valence-corrected chi connectivity index (χ3v) is 4.98. The van der Waals surface area contributed by atoms with Crippen molar-refractivity contribution in [2.75, 3.05) is 13.6 Å². The summed E-state index contributed by atoms with van der Waals surface area (Å²) in [4.78, 5) is 17.5. The molecule has 6 heteroatoms. The number of aliphatic carboxylic acids is 1. The Bertz CT molecular complexity index is 926. The van der Waals surface area contributed by atoms with Crippen molar-refractivity contribution in [3.05, 3.63) is 88.2 Å². The first-order valence-corrected chi connectivity index (χ1v) is 9.60. The maximum atomic E-state index is 11.8. The number of likely N-dealkylation sites (N-methyl/N-ethyl adjacent to an activating group) is 1. The van der Waals surface area contributed by atoms with Crippen molar-refractivity contribution in [2.24, 2.45) is 0 Å². The Labute approximate surface area is 174 Å². The molecule has 3 aromatic rings. The lowest BCUT2D eigenvalue weighted by Crippen LogP contribution is -2.32. The van der Waals surface area contributed by atoms with E-state index in [1.54, 1.807) is 11.9 Å². The minimum atomic E-state index is -0.958. The molecule has 28 heavy (non-hydrogen) atoms. The molecule has 4 nitrogen and oxygen atoms in total. The first-order valence-electron chi connectivity index (χ1n) is 8.84. The molecular weight excluding hydrogens is 395 g/mol. The fraction of sp³-hybridized carbons (Fsp3) is 0.182. The molecule has 1 aromatic heterocycles. The Morgan fingerprint density at radius 1 is 1.00 bits per heavy atom. The minimum absolute atomic E-state index is 0.179. The number of carboxylic acids is 1. The summed E-state index contributed by atoms with van der Waals surface area (Å²) in [7, 11) is 1.78. The van der Waals surface area contributed by atoms with Crippen LogP contribution in [0.3, 0.4) is 0 Å². The normalized spacial score (nSPS) is 12.1. The minimum Gasteiger partial charge on any atom is -0.480 e. The Morgan fingerprint density at radius 3 is 2.14 bits per heavy atom. The molecule has 1 heterocycles. The largest absolute Gasteiger partial charge is 0.480 e. The second kappa shape index (κ2) is 9.20. The zero-order valence-corrected chi connectivity index (χ0v) is 16.9. The van der Waals surface area contributed by atoms with Crippen molar-refractivity contribution < 1.29 is 9.90 Å². The molecule has 1 unspecified atom stereocenters. The lowest BCUT2D eigenvalue weighted by atomic mass is 10.0. The maximum absolute atomic E-state index is 11.8. The van der Waals surface area contributed by atoms with Crippen LogP contribution in [0.5, 0.6) is 0 Å². The molecule has 0 aliphatic carbocycles. The molecule has 0 saturated heterocycles. The number of aromatic nitrogens is 1. The third-order valence-electron chi connectivity index (χ3n) is 4.59. The summed E-state index contributed by atoms with van der Waals surface area (Å²) in [6.07, 6.45) is 0.724. The van der Waals surface area contributed by atoms with Gasteiger partial charge in [-0.3, -0.25) is 9.69 Å². The van der Waals surface area contributed by atoms with Gasteiger partial charge in [0.25, 0.3) is 0 Å². The highest BCUT2D eigenvalue weighted by Crippen LogP contribution is 2.25. The molecule has 0 bridgehead atoms. The Morgan fingerprint density at radius 2 is 1.57 bits per heavy atom. The van der Waals surface area contributed by atoms with E-state index in [2.05, 4.69) is 41.4 Å². The van der Waals surface area contributed by atoms with E-state index >= 15 is 0 Å². The summed E-state index contributed by atoms with van der Waals surface area (Å²) in [5.41, 5.74) is 3.98. The standard InChI is InChI=1S/C22H20Cl2N2O2/c1-26(21(22(27)28)18-13-19(23)25-20(24)14-18)12-11-15-7-9-17(10-8-15)16-5-3-2-4-6-16/h2-10,13-14,21H,11-12H2,1H3,(H,27,28). The van der Waals surface area contributed by atoms with Crippen LogP contribution < -0.4 is 0 Å². The predicted molar refractivity (Wildman–Crippen MR) is 113 cm³/mol. The van der Waals surface area contributed by atoms with Gasteiger partial charge in [0.15, 0.2) is 0 Å². The van der Waals surface area contributed by atoms with Crippen LogP contribution in [0.4, 0.5) is 0 Å². The summed E-state index contributed by atoms with van der Waals surface area (Å²) in [6.45, 7) is 0.569. The van der Waals surface area contributed by atoms with E-state index in [-0.39, 0.29) is 10.3 Å². The van der Waals surface area contributed by atoms with E-state index < -0.39 is 12.0 Å². The summed E-state index contributed by atoms with van der Waals surface area (Å²) in [6, 6.07) is 20.7. The SMILES string of the molecule is CN(CCc1ccc(-c2ccccc2)cc1)C(C(=O)O)c1cc(Cl)nc(Cl)c1. The van der Waals surface area contributed by atoms with Gasteiger partial charge in [-0.2, -0.15) is 0 Å². The van der Waals surface area contributed by atoms with Crippen LogP contribution in [0, 0.1) is 0 Å². The van der Waals surface area contributed by atoms with Crippen LogP contribution >= 0.6 is 23.2 Å². The summed E-state index contributed by atoms with van der Waals surface area (Å²) < 4.78 is 0. The van der Waals surface area contributed by atoms with Crippen LogP contribution in [-0.2, 0) is 11.2 Å². The van der Waals surface area contributed by atoms with Crippen LogP contribution in [0.2, 0.25) is 10.3 Å². The highest BCUT2D eigenvalue weighted by Gasteiger charge is 2.25.